The largest absolute Gasteiger partial charge is 0.347 e. The fourth-order valence-corrected chi connectivity index (χ4v) is 5.53. The lowest BCUT2D eigenvalue weighted by Crippen LogP contribution is -2.43. The van der Waals surface area contributed by atoms with Crippen LogP contribution in [0.1, 0.15) is 0 Å². The summed E-state index contributed by atoms with van der Waals surface area (Å²) in [5, 5.41) is 0.524. The number of carbonyl (C=O) groups excluding carboxylic acids is 1. The summed E-state index contributed by atoms with van der Waals surface area (Å²) in [6.45, 7) is 0.103. The topological polar surface area (TPSA) is 60.9 Å². The zero-order chi connectivity index (χ0) is 16.8. The molecule has 23 heavy (non-hydrogen) atoms. The summed E-state index contributed by atoms with van der Waals surface area (Å²) < 4.78 is 24.2. The third-order valence-corrected chi connectivity index (χ3v) is 6.45. The van der Waals surface area contributed by atoms with Crippen molar-refractivity contribution in [3.63, 3.8) is 0 Å². The Bertz CT molecular complexity index is 734. The molecular formula is C15H19N3O3S2. The highest BCUT2D eigenvalue weighted by atomic mass is 32.2. The van der Waals surface area contributed by atoms with Crippen LogP contribution in [0.15, 0.2) is 30.3 Å². The van der Waals surface area contributed by atoms with Crippen molar-refractivity contribution >= 4 is 38.8 Å². The first kappa shape index (κ1) is 16.2. The van der Waals surface area contributed by atoms with Gasteiger partial charge in [0.15, 0.2) is 14.9 Å². The Morgan fingerprint density at radius 2 is 1.83 bits per heavy atom. The minimum absolute atomic E-state index is 0.0435. The van der Waals surface area contributed by atoms with Crippen LogP contribution in [0.4, 0.5) is 5.69 Å². The zero-order valence-corrected chi connectivity index (χ0v) is 14.7. The molecule has 2 aliphatic rings. The number of carbonyl (C=O) groups is 1. The summed E-state index contributed by atoms with van der Waals surface area (Å²) in [6, 6.07) is 9.01. The van der Waals surface area contributed by atoms with Crippen molar-refractivity contribution in [3.8, 4) is 0 Å². The first-order valence-electron chi connectivity index (χ1n) is 7.35. The third kappa shape index (κ3) is 2.92. The quantitative estimate of drug-likeness (QED) is 0.731. The van der Waals surface area contributed by atoms with Crippen LogP contribution < -0.4 is 4.90 Å². The lowest BCUT2D eigenvalue weighted by Gasteiger charge is -2.26. The molecule has 0 N–H and O–H groups in total. The molecule has 1 amide bonds. The first-order chi connectivity index (χ1) is 10.8. The Morgan fingerprint density at radius 3 is 2.43 bits per heavy atom. The van der Waals surface area contributed by atoms with Crippen molar-refractivity contribution in [1.82, 2.24) is 9.80 Å². The maximum absolute atomic E-state index is 12.1. The van der Waals surface area contributed by atoms with E-state index < -0.39 is 9.84 Å². The molecule has 0 aromatic heterocycles. The second-order valence-electron chi connectivity index (χ2n) is 6.12. The molecular weight excluding hydrogens is 334 g/mol. The van der Waals surface area contributed by atoms with Gasteiger partial charge in [-0.05, 0) is 24.4 Å². The van der Waals surface area contributed by atoms with Crippen molar-refractivity contribution in [2.45, 2.75) is 12.1 Å². The average Bonchev–Trinajstić information content (AvgIpc) is 2.91. The van der Waals surface area contributed by atoms with E-state index in [9.17, 15) is 13.2 Å². The van der Waals surface area contributed by atoms with Gasteiger partial charge in [0.2, 0.25) is 5.91 Å². The highest BCUT2D eigenvalue weighted by Crippen LogP contribution is 2.34. The molecule has 0 unspecified atom stereocenters. The molecule has 2 fully saturated rings. The van der Waals surface area contributed by atoms with Gasteiger partial charge in [-0.2, -0.15) is 0 Å². The molecule has 0 aliphatic carbocycles. The second kappa shape index (κ2) is 5.76. The minimum atomic E-state index is -3.13. The zero-order valence-electron chi connectivity index (χ0n) is 13.0. The van der Waals surface area contributed by atoms with E-state index in [4.69, 9.17) is 12.2 Å². The smallest absolute Gasteiger partial charge is 0.241 e. The average molecular weight is 353 g/mol. The molecule has 2 aliphatic heterocycles. The van der Waals surface area contributed by atoms with E-state index >= 15 is 0 Å². The van der Waals surface area contributed by atoms with Gasteiger partial charge in [0.05, 0.1) is 30.1 Å². The van der Waals surface area contributed by atoms with Crippen LogP contribution in [0, 0.1) is 0 Å². The molecule has 8 heteroatoms. The Labute approximate surface area is 141 Å². The minimum Gasteiger partial charge on any atom is -0.347 e. The van der Waals surface area contributed by atoms with Gasteiger partial charge in [-0.3, -0.25) is 4.79 Å². The third-order valence-electron chi connectivity index (χ3n) is 4.32. The number of sulfone groups is 1. The van der Waals surface area contributed by atoms with E-state index in [0.717, 1.165) is 5.69 Å². The lowest BCUT2D eigenvalue weighted by atomic mass is 10.1. The molecule has 3 rings (SSSR count). The molecule has 2 saturated heterocycles. The number of likely N-dealkylation sites (N-methyl/N-ethyl adjacent to an activating group) is 1. The number of rotatable bonds is 3. The van der Waals surface area contributed by atoms with Crippen molar-refractivity contribution in [2.24, 2.45) is 0 Å². The van der Waals surface area contributed by atoms with Crippen LogP contribution in [-0.2, 0) is 14.6 Å². The van der Waals surface area contributed by atoms with Gasteiger partial charge in [-0.25, -0.2) is 8.42 Å². The summed E-state index contributed by atoms with van der Waals surface area (Å²) in [5.41, 5.74) is 0.865. The number of para-hydroxylation sites is 1. The van der Waals surface area contributed by atoms with Gasteiger partial charge in [0, 0.05) is 19.8 Å². The molecule has 124 valence electrons. The molecule has 2 heterocycles. The number of fused-ring (bicyclic) bond motifs is 1. The van der Waals surface area contributed by atoms with Gasteiger partial charge in [0.25, 0.3) is 0 Å². The standard InChI is InChI=1S/C15H19N3O3S2/c1-16(2)14(19)8-17-12-9-23(20,21)10-13(12)18(15(17)22)11-6-4-3-5-7-11/h3-7,12-13H,8-10H2,1-2H3/t12-,13+/m0/s1. The van der Waals surface area contributed by atoms with E-state index in [2.05, 4.69) is 0 Å². The van der Waals surface area contributed by atoms with Crippen LogP contribution in [0.25, 0.3) is 0 Å². The number of hydrogen-bond acceptors (Lipinski definition) is 4. The molecule has 6 nitrogen and oxygen atoms in total. The van der Waals surface area contributed by atoms with Gasteiger partial charge in [0.1, 0.15) is 0 Å². The number of benzene rings is 1. The van der Waals surface area contributed by atoms with Crippen LogP contribution in [0.2, 0.25) is 0 Å². The SMILES string of the molecule is CN(C)C(=O)CN1C(=S)N(c2ccccc2)[C@@H]2CS(=O)(=O)C[C@@H]21. The molecule has 1 aromatic carbocycles. The maximum Gasteiger partial charge on any atom is 0.241 e. The number of amides is 1. The number of nitrogens with zero attached hydrogens (tertiary/aromatic N) is 3. The fourth-order valence-electron chi connectivity index (χ4n) is 3.14. The van der Waals surface area contributed by atoms with Gasteiger partial charge in [-0.15, -0.1) is 0 Å². The predicted octanol–water partition coefficient (Wildman–Crippen LogP) is 0.347. The summed E-state index contributed by atoms with van der Waals surface area (Å²) >= 11 is 5.56. The first-order valence-corrected chi connectivity index (χ1v) is 9.58. The van der Waals surface area contributed by atoms with Gasteiger partial charge < -0.3 is 14.7 Å². The number of anilines is 1. The monoisotopic (exact) mass is 353 g/mol. The Morgan fingerprint density at radius 1 is 1.22 bits per heavy atom. The van der Waals surface area contributed by atoms with E-state index in [0.29, 0.717) is 5.11 Å². The van der Waals surface area contributed by atoms with Gasteiger partial charge in [-0.1, -0.05) is 18.2 Å². The summed E-state index contributed by atoms with van der Waals surface area (Å²) in [4.78, 5) is 17.2. The second-order valence-corrected chi connectivity index (χ2v) is 8.63. The normalized spacial score (nSPS) is 25.6. The van der Waals surface area contributed by atoms with E-state index in [1.165, 1.54) is 4.90 Å². The van der Waals surface area contributed by atoms with Crippen molar-refractivity contribution in [3.05, 3.63) is 30.3 Å². The highest BCUT2D eigenvalue weighted by Gasteiger charge is 2.52. The fraction of sp³-hybridized carbons (Fsp3) is 0.467. The number of thiocarbonyl (C=S) groups is 1. The predicted molar refractivity (Wildman–Crippen MR) is 93.1 cm³/mol. The van der Waals surface area contributed by atoms with Gasteiger partial charge >= 0.3 is 0 Å². The van der Waals surface area contributed by atoms with Crippen LogP contribution in [0.3, 0.4) is 0 Å². The Balaban J connectivity index is 1.96. The Kier molecular flexibility index (Phi) is 4.05. The molecule has 0 radical (unpaired) electrons. The van der Waals surface area contributed by atoms with E-state index in [-0.39, 0.29) is 36.0 Å². The molecule has 1 aromatic rings. The van der Waals surface area contributed by atoms with Crippen molar-refractivity contribution < 1.29 is 13.2 Å². The summed E-state index contributed by atoms with van der Waals surface area (Å²) in [6.07, 6.45) is 0. The molecule has 0 bridgehead atoms. The maximum atomic E-state index is 12.1. The van der Waals surface area contributed by atoms with Crippen LogP contribution >= 0.6 is 12.2 Å². The summed E-state index contributed by atoms with van der Waals surface area (Å²) in [7, 11) is 0.233. The summed E-state index contributed by atoms with van der Waals surface area (Å²) in [5.74, 6) is 0.0200. The van der Waals surface area contributed by atoms with E-state index in [1.54, 1.807) is 19.0 Å². The highest BCUT2D eigenvalue weighted by molar-refractivity contribution is 7.91. The molecule has 0 spiro atoms. The lowest BCUT2D eigenvalue weighted by molar-refractivity contribution is -0.129. The molecule has 0 saturated carbocycles. The molecule has 2 atom stereocenters. The van der Waals surface area contributed by atoms with Crippen molar-refractivity contribution in [2.75, 3.05) is 37.0 Å². The van der Waals surface area contributed by atoms with E-state index in [1.807, 2.05) is 35.2 Å². The van der Waals surface area contributed by atoms with Crippen molar-refractivity contribution in [1.29, 1.82) is 0 Å². The number of hydrogen-bond donors (Lipinski definition) is 0. The Hall–Kier alpha value is -1.67. The van der Waals surface area contributed by atoms with Crippen LogP contribution in [0.5, 0.6) is 0 Å². The van der Waals surface area contributed by atoms with Crippen LogP contribution in [-0.4, -0.2) is 73.5 Å².